The summed E-state index contributed by atoms with van der Waals surface area (Å²) < 4.78 is 28.2. The number of rotatable bonds is 5. The quantitative estimate of drug-likeness (QED) is 0.775. The highest BCUT2D eigenvalue weighted by Crippen LogP contribution is 2.30. The zero-order chi connectivity index (χ0) is 15.6. The monoisotopic (exact) mass is 367 g/mol. The van der Waals surface area contributed by atoms with Gasteiger partial charge in [-0.25, -0.2) is 13.1 Å². The molecule has 1 aliphatic heterocycles. The van der Waals surface area contributed by atoms with Crippen molar-refractivity contribution >= 4 is 50.2 Å². The molecule has 0 atom stereocenters. The highest BCUT2D eigenvalue weighted by atomic mass is 35.5. The van der Waals surface area contributed by atoms with Gasteiger partial charge in [-0.15, -0.1) is 11.3 Å². The molecule has 0 aliphatic carbocycles. The fraction of sp³-hybridized carbons (Fsp3) is 0.583. The van der Waals surface area contributed by atoms with Crippen LogP contribution < -0.4 is 10.5 Å². The van der Waals surface area contributed by atoms with E-state index < -0.39 is 10.0 Å². The molecule has 9 heteroatoms. The molecule has 0 spiro atoms. The summed E-state index contributed by atoms with van der Waals surface area (Å²) in [5.74, 6) is 0. The van der Waals surface area contributed by atoms with Crippen LogP contribution in [0.25, 0.3) is 0 Å². The van der Waals surface area contributed by atoms with E-state index in [2.05, 4.69) is 9.62 Å². The van der Waals surface area contributed by atoms with Gasteiger partial charge in [-0.3, -0.25) is 4.90 Å². The van der Waals surface area contributed by atoms with Gasteiger partial charge in [0.25, 0.3) is 0 Å². The molecule has 0 bridgehead atoms. The molecule has 1 aromatic rings. The third-order valence-electron chi connectivity index (χ3n) is 3.39. The average molecular weight is 368 g/mol. The number of aryl methyl sites for hydroxylation is 1. The van der Waals surface area contributed by atoms with Gasteiger partial charge in [-0.1, -0.05) is 23.8 Å². The van der Waals surface area contributed by atoms with E-state index in [4.69, 9.17) is 29.6 Å². The number of hydrogen-bond donors (Lipinski definition) is 2. The molecule has 1 saturated heterocycles. The number of nitrogens with one attached hydrogen (secondary N) is 1. The molecule has 118 valence electrons. The Morgan fingerprint density at radius 2 is 2.19 bits per heavy atom. The first-order valence-electron chi connectivity index (χ1n) is 6.57. The van der Waals surface area contributed by atoms with Crippen molar-refractivity contribution in [3.63, 3.8) is 0 Å². The lowest BCUT2D eigenvalue weighted by molar-refractivity contribution is 0.233. The van der Waals surface area contributed by atoms with Crippen LogP contribution in [-0.2, 0) is 10.0 Å². The second-order valence-electron chi connectivity index (χ2n) is 5.16. The normalized spacial score (nSPS) is 18.0. The van der Waals surface area contributed by atoms with Crippen LogP contribution in [0.1, 0.15) is 18.4 Å². The predicted molar refractivity (Wildman–Crippen MR) is 90.6 cm³/mol. The fourth-order valence-electron chi connectivity index (χ4n) is 2.27. The molecule has 1 aliphatic rings. The Morgan fingerprint density at radius 3 is 2.67 bits per heavy atom. The van der Waals surface area contributed by atoms with E-state index in [-0.39, 0.29) is 10.3 Å². The van der Waals surface area contributed by atoms with E-state index in [9.17, 15) is 8.42 Å². The van der Waals surface area contributed by atoms with Gasteiger partial charge in [0.05, 0.1) is 9.32 Å². The minimum atomic E-state index is -3.49. The molecule has 5 nitrogen and oxygen atoms in total. The van der Waals surface area contributed by atoms with Gasteiger partial charge in [-0.2, -0.15) is 0 Å². The molecule has 0 unspecified atom stereocenters. The van der Waals surface area contributed by atoms with Crippen LogP contribution in [0.4, 0.5) is 0 Å². The lowest BCUT2D eigenvalue weighted by atomic mass is 10.1. The first-order valence-corrected chi connectivity index (χ1v) is 9.65. The van der Waals surface area contributed by atoms with Crippen LogP contribution in [0, 0.1) is 6.92 Å². The summed E-state index contributed by atoms with van der Waals surface area (Å²) in [5, 5.41) is 0. The third kappa shape index (κ3) is 4.61. The van der Waals surface area contributed by atoms with Gasteiger partial charge in [0.15, 0.2) is 0 Å². The molecule has 2 rings (SSSR count). The number of piperidine rings is 1. The van der Waals surface area contributed by atoms with E-state index >= 15 is 0 Å². The molecule has 1 fully saturated rings. The van der Waals surface area contributed by atoms with Crippen LogP contribution in [-0.4, -0.2) is 44.0 Å². The van der Waals surface area contributed by atoms with E-state index in [0.29, 0.717) is 15.9 Å². The van der Waals surface area contributed by atoms with Gasteiger partial charge in [-0.05, 0) is 31.4 Å². The Balaban J connectivity index is 1.95. The zero-order valence-corrected chi connectivity index (χ0v) is 14.8. The van der Waals surface area contributed by atoms with Crippen LogP contribution in [0.2, 0.25) is 4.34 Å². The largest absolute Gasteiger partial charge is 0.392 e. The summed E-state index contributed by atoms with van der Waals surface area (Å²) in [6.45, 7) is 3.96. The highest BCUT2D eigenvalue weighted by molar-refractivity contribution is 7.91. The van der Waals surface area contributed by atoms with Gasteiger partial charge >= 0.3 is 0 Å². The smallest absolute Gasteiger partial charge is 0.250 e. The summed E-state index contributed by atoms with van der Waals surface area (Å²) in [7, 11) is -3.49. The Labute approximate surface area is 139 Å². The van der Waals surface area contributed by atoms with E-state index in [1.54, 1.807) is 13.0 Å². The Kier molecular flexibility index (Phi) is 5.61. The number of nitrogens with two attached hydrogens (primary N) is 1. The minimum absolute atomic E-state index is 0.0567. The van der Waals surface area contributed by atoms with Crippen molar-refractivity contribution in [1.29, 1.82) is 0 Å². The minimum Gasteiger partial charge on any atom is -0.392 e. The van der Waals surface area contributed by atoms with Crippen molar-refractivity contribution < 1.29 is 8.42 Å². The number of thiocarbonyl (C=S) groups is 1. The number of hydrogen-bond acceptors (Lipinski definition) is 5. The number of halogens is 1. The van der Waals surface area contributed by atoms with Crippen LogP contribution >= 0.6 is 35.2 Å². The number of sulfonamides is 1. The summed E-state index contributed by atoms with van der Waals surface area (Å²) in [6, 6.07) is 1.55. The second kappa shape index (κ2) is 6.89. The van der Waals surface area contributed by atoms with Crippen molar-refractivity contribution in [3.05, 3.63) is 16.0 Å². The molecular formula is C12H18ClN3O2S3. The fourth-order valence-corrected chi connectivity index (χ4v) is 5.48. The lowest BCUT2D eigenvalue weighted by Crippen LogP contribution is -2.46. The van der Waals surface area contributed by atoms with Crippen LogP contribution in [0.5, 0.6) is 0 Å². The molecule has 0 saturated carbocycles. The maximum absolute atomic E-state index is 12.3. The average Bonchev–Trinajstić information content (AvgIpc) is 2.72. The lowest BCUT2D eigenvalue weighted by Gasteiger charge is -2.31. The topological polar surface area (TPSA) is 75.4 Å². The molecule has 2 heterocycles. The number of thiophene rings is 1. The SMILES string of the molecule is Cc1cc(S(=O)(=O)NC2CCN(CC(N)=S)CC2)sc1Cl. The summed E-state index contributed by atoms with van der Waals surface area (Å²) in [5.41, 5.74) is 6.30. The van der Waals surface area contributed by atoms with Crippen molar-refractivity contribution in [1.82, 2.24) is 9.62 Å². The van der Waals surface area contributed by atoms with Gasteiger partial charge in [0, 0.05) is 25.7 Å². The Morgan fingerprint density at radius 1 is 1.57 bits per heavy atom. The van der Waals surface area contributed by atoms with E-state index in [0.717, 1.165) is 42.8 Å². The van der Waals surface area contributed by atoms with Crippen LogP contribution in [0.3, 0.4) is 0 Å². The summed E-state index contributed by atoms with van der Waals surface area (Å²) >= 11 is 11.9. The van der Waals surface area contributed by atoms with Crippen molar-refractivity contribution in [2.45, 2.75) is 30.0 Å². The molecule has 21 heavy (non-hydrogen) atoms. The van der Waals surface area contributed by atoms with Crippen molar-refractivity contribution in [2.24, 2.45) is 5.73 Å². The van der Waals surface area contributed by atoms with E-state index in [1.165, 1.54) is 0 Å². The number of nitrogens with zero attached hydrogens (tertiary/aromatic N) is 1. The molecule has 3 N–H and O–H groups in total. The molecule has 0 amide bonds. The maximum Gasteiger partial charge on any atom is 0.250 e. The van der Waals surface area contributed by atoms with Crippen LogP contribution in [0.15, 0.2) is 10.3 Å². The Hall–Kier alpha value is -0.250. The molecule has 0 radical (unpaired) electrons. The van der Waals surface area contributed by atoms with Crippen molar-refractivity contribution in [2.75, 3.05) is 19.6 Å². The third-order valence-corrected chi connectivity index (χ3v) is 7.07. The van der Waals surface area contributed by atoms with Gasteiger partial charge in [0.2, 0.25) is 10.0 Å². The molecule has 1 aromatic heterocycles. The standard InChI is InChI=1S/C12H18ClN3O2S3/c1-8-6-11(20-12(8)13)21(17,18)15-9-2-4-16(5-3-9)7-10(14)19/h6,9,15H,2-5,7H2,1H3,(H2,14,19). The Bertz CT molecular complexity index is 602. The highest BCUT2D eigenvalue weighted by Gasteiger charge is 2.26. The predicted octanol–water partition coefficient (Wildman–Crippen LogP) is 1.74. The van der Waals surface area contributed by atoms with Gasteiger partial charge in [0.1, 0.15) is 4.21 Å². The number of likely N-dealkylation sites (tertiary alicyclic amines) is 1. The summed E-state index contributed by atoms with van der Waals surface area (Å²) in [4.78, 5) is 2.61. The maximum atomic E-state index is 12.3. The molecular weight excluding hydrogens is 350 g/mol. The zero-order valence-electron chi connectivity index (χ0n) is 11.6. The first-order chi connectivity index (χ1) is 9.78. The van der Waals surface area contributed by atoms with Crippen molar-refractivity contribution in [3.8, 4) is 0 Å². The second-order valence-corrected chi connectivity index (χ2v) is 9.28. The summed E-state index contributed by atoms with van der Waals surface area (Å²) in [6.07, 6.45) is 1.50. The van der Waals surface area contributed by atoms with E-state index in [1.807, 2.05) is 0 Å². The molecule has 0 aromatic carbocycles. The van der Waals surface area contributed by atoms with Gasteiger partial charge < -0.3 is 5.73 Å². The first kappa shape index (κ1) is 17.1.